The van der Waals surface area contributed by atoms with E-state index in [9.17, 15) is 19.9 Å². The molecule has 3 saturated heterocycles. The van der Waals surface area contributed by atoms with Gasteiger partial charge in [0, 0.05) is 0 Å². The van der Waals surface area contributed by atoms with Gasteiger partial charge in [0.05, 0.1) is 32.5 Å². The number of nitrogens with one attached hydrogen (secondary N) is 1. The number of rotatable bonds is 7. The maximum absolute atomic E-state index is 15.7. The quantitative estimate of drug-likeness (QED) is 0.123. The molecule has 18 nitrogen and oxygen atoms in total. The summed E-state index contributed by atoms with van der Waals surface area (Å²) in [5.41, 5.74) is 7.01. The lowest BCUT2D eigenvalue weighted by Gasteiger charge is -2.35. The van der Waals surface area contributed by atoms with Crippen LogP contribution in [0.4, 0.5) is 20.5 Å². The second-order valence-corrected chi connectivity index (χ2v) is 13.8. The Kier molecular flexibility index (Phi) is 6.37. The van der Waals surface area contributed by atoms with E-state index < -0.39 is 73.2 Å². The first-order valence-corrected chi connectivity index (χ1v) is 15.4. The number of nitrogens with zero attached hydrogens (tertiary/aromatic N) is 7. The predicted octanol–water partition coefficient (Wildman–Crippen LogP) is -1.64. The van der Waals surface area contributed by atoms with Crippen molar-refractivity contribution in [2.45, 2.75) is 48.0 Å². The summed E-state index contributed by atoms with van der Waals surface area (Å²) >= 11 is 5.28. The van der Waals surface area contributed by atoms with Crippen molar-refractivity contribution in [3.05, 3.63) is 29.3 Å². The lowest BCUT2D eigenvalue weighted by atomic mass is 10.0. The van der Waals surface area contributed by atoms with Crippen molar-refractivity contribution in [1.29, 1.82) is 0 Å². The molecule has 3 aliphatic heterocycles. The number of hydrogen-bond acceptors (Lipinski definition) is 15. The standard InChI is InChI=1S/C21H23F2N10O8PS/c22-21(23)7(1-34)40-18(33-6-29-9-15(33)30-19(25)31-16(9)36)12(21)42(37,43)39-3-20-2-38-10(11(20)35)17(41-20)32-5-28-8-13(24)26-4-27-14(8)32/h4-7,10-12,17-18,34-35H,1-3H2,(H,37,43)(H2,24,26,27)(H3,25,30,31,36)/t7-,10-,11+,12+,17-,18?,20-,42?/m1/s1. The van der Waals surface area contributed by atoms with Crippen molar-refractivity contribution < 1.29 is 42.6 Å². The second kappa shape index (κ2) is 9.61. The normalized spacial score (nSPS) is 33.0. The first-order valence-electron chi connectivity index (χ1n) is 12.6. The molecule has 2 bridgehead atoms. The minimum Gasteiger partial charge on any atom is -0.393 e. The maximum Gasteiger partial charge on any atom is 0.292 e. The van der Waals surface area contributed by atoms with Crippen molar-refractivity contribution in [3.63, 3.8) is 0 Å². The molecule has 0 radical (unpaired) electrons. The van der Waals surface area contributed by atoms with Crippen LogP contribution in [0.15, 0.2) is 23.8 Å². The molecule has 0 spiro atoms. The molecule has 230 valence electrons. The van der Waals surface area contributed by atoms with E-state index in [1.165, 1.54) is 17.2 Å². The number of fused-ring (bicyclic) bond motifs is 4. The predicted molar refractivity (Wildman–Crippen MR) is 143 cm³/mol. The van der Waals surface area contributed by atoms with E-state index in [-0.39, 0.29) is 35.1 Å². The highest BCUT2D eigenvalue weighted by molar-refractivity contribution is 8.09. The van der Waals surface area contributed by atoms with Crippen LogP contribution < -0.4 is 17.0 Å². The Morgan fingerprint density at radius 3 is 2.63 bits per heavy atom. The minimum atomic E-state index is -4.60. The fraction of sp³-hybridized carbons (Fsp3) is 0.524. The fourth-order valence-corrected chi connectivity index (χ4v) is 8.28. The van der Waals surface area contributed by atoms with E-state index in [2.05, 4.69) is 29.9 Å². The van der Waals surface area contributed by atoms with Gasteiger partial charge in [-0.05, 0) is 11.8 Å². The monoisotopic (exact) mass is 644 g/mol. The average molecular weight is 645 g/mol. The highest BCUT2D eigenvalue weighted by Gasteiger charge is 2.67. The molecular formula is C21H23F2N10O8PS. The van der Waals surface area contributed by atoms with Crippen LogP contribution in [0.1, 0.15) is 12.5 Å². The van der Waals surface area contributed by atoms with Crippen LogP contribution in [0, 0.1) is 0 Å². The molecule has 7 rings (SSSR count). The van der Waals surface area contributed by atoms with Gasteiger partial charge in [-0.1, -0.05) is 0 Å². The Morgan fingerprint density at radius 2 is 1.88 bits per heavy atom. The Morgan fingerprint density at radius 1 is 1.16 bits per heavy atom. The first-order chi connectivity index (χ1) is 20.4. The zero-order valence-corrected chi connectivity index (χ0v) is 23.3. The number of H-pyrrole nitrogens is 1. The number of aromatic nitrogens is 8. The number of imidazole rings is 2. The fourth-order valence-electron chi connectivity index (χ4n) is 5.68. The third-order valence-electron chi connectivity index (χ3n) is 7.80. The van der Waals surface area contributed by atoms with E-state index in [4.69, 9.17) is 42.0 Å². The number of halogens is 2. The van der Waals surface area contributed by atoms with Gasteiger partial charge in [0.25, 0.3) is 11.5 Å². The van der Waals surface area contributed by atoms with Crippen molar-refractivity contribution in [2.75, 3.05) is 31.3 Å². The molecular weight excluding hydrogens is 621 g/mol. The first kappa shape index (κ1) is 28.5. The highest BCUT2D eigenvalue weighted by atomic mass is 32.5. The Hall–Kier alpha value is -3.27. The van der Waals surface area contributed by atoms with Gasteiger partial charge >= 0.3 is 0 Å². The molecule has 43 heavy (non-hydrogen) atoms. The summed E-state index contributed by atoms with van der Waals surface area (Å²) in [7, 11) is 0. The van der Waals surface area contributed by atoms with Crippen molar-refractivity contribution >= 4 is 52.4 Å². The van der Waals surface area contributed by atoms with Crippen LogP contribution in [0.3, 0.4) is 0 Å². The summed E-state index contributed by atoms with van der Waals surface area (Å²) in [4.78, 5) is 46.0. The molecule has 0 amide bonds. The highest BCUT2D eigenvalue weighted by Crippen LogP contribution is 2.63. The Balaban J connectivity index is 1.19. The number of anilines is 2. The third-order valence-corrected chi connectivity index (χ3v) is 10.6. The number of nitrogens with two attached hydrogens (primary N) is 2. The molecule has 4 aromatic rings. The third kappa shape index (κ3) is 4.11. The largest absolute Gasteiger partial charge is 0.393 e. The summed E-state index contributed by atoms with van der Waals surface area (Å²) < 4.78 is 56.8. The van der Waals surface area contributed by atoms with E-state index in [0.717, 1.165) is 10.9 Å². The summed E-state index contributed by atoms with van der Waals surface area (Å²) in [5.74, 6) is -4.13. The van der Waals surface area contributed by atoms with E-state index in [1.807, 2.05) is 0 Å². The maximum atomic E-state index is 15.7. The van der Waals surface area contributed by atoms with Crippen LogP contribution in [0.25, 0.3) is 22.3 Å². The van der Waals surface area contributed by atoms with Crippen molar-refractivity contribution in [2.24, 2.45) is 0 Å². The molecule has 8 atom stereocenters. The van der Waals surface area contributed by atoms with Crippen molar-refractivity contribution in [3.8, 4) is 0 Å². The topological polar surface area (TPSA) is 257 Å². The summed E-state index contributed by atoms with van der Waals surface area (Å²) in [6.45, 7) is -6.60. The number of nitrogen functional groups attached to an aromatic ring is 2. The lowest BCUT2D eigenvalue weighted by molar-refractivity contribution is -0.182. The lowest BCUT2D eigenvalue weighted by Crippen LogP contribution is -2.46. The molecule has 3 aliphatic rings. The van der Waals surface area contributed by atoms with Crippen LogP contribution in [-0.2, 0) is 30.5 Å². The van der Waals surface area contributed by atoms with Gasteiger partial charge in [0.2, 0.25) is 5.95 Å². The van der Waals surface area contributed by atoms with Gasteiger partial charge < -0.3 is 45.3 Å². The molecule has 0 saturated carbocycles. The minimum absolute atomic E-state index is 0.121. The number of aromatic amines is 1. The molecule has 3 fully saturated rings. The number of ether oxygens (including phenoxy) is 3. The second-order valence-electron chi connectivity index (χ2n) is 10.3. The van der Waals surface area contributed by atoms with Crippen LogP contribution in [0.2, 0.25) is 0 Å². The summed E-state index contributed by atoms with van der Waals surface area (Å²) in [5, 5.41) is 20.8. The average Bonchev–Trinajstić information content (AvgIpc) is 3.74. The molecule has 7 heterocycles. The van der Waals surface area contributed by atoms with Gasteiger partial charge in [-0.25, -0.2) is 28.7 Å². The summed E-state index contributed by atoms with van der Waals surface area (Å²) in [6, 6.07) is 0. The Labute approximate surface area is 242 Å². The number of aliphatic hydroxyl groups is 2. The number of hydrogen-bond donors (Lipinski definition) is 6. The molecule has 0 aromatic carbocycles. The molecule has 8 N–H and O–H groups in total. The number of alkyl halides is 2. The van der Waals surface area contributed by atoms with Gasteiger partial charge in [-0.2, -0.15) is 4.98 Å². The van der Waals surface area contributed by atoms with Gasteiger partial charge in [0.15, 0.2) is 41.6 Å². The molecule has 4 aromatic heterocycles. The van der Waals surface area contributed by atoms with Gasteiger partial charge in [-0.15, -0.1) is 0 Å². The van der Waals surface area contributed by atoms with Crippen LogP contribution >= 0.6 is 6.49 Å². The van der Waals surface area contributed by atoms with Crippen LogP contribution in [0.5, 0.6) is 0 Å². The zero-order valence-electron chi connectivity index (χ0n) is 21.6. The summed E-state index contributed by atoms with van der Waals surface area (Å²) in [6.07, 6.45) is -3.52. The molecule has 2 unspecified atom stereocenters. The number of aliphatic hydroxyl groups excluding tert-OH is 2. The SMILES string of the molecule is Nc1nc2c(ncn2C2O[C@H](CO)C(F)(F)[C@H]2P(O)(=S)OC[C@@]23CO[C@@H]([C@H](n4cnc5c(N)ncnc54)O2)[C@@H]3O)c(=O)[nH]1. The molecule has 22 heteroatoms. The van der Waals surface area contributed by atoms with E-state index >= 15 is 8.78 Å². The van der Waals surface area contributed by atoms with Gasteiger partial charge in [-0.3, -0.25) is 18.9 Å². The van der Waals surface area contributed by atoms with Crippen molar-refractivity contribution in [1.82, 2.24) is 39.0 Å². The van der Waals surface area contributed by atoms with Crippen LogP contribution in [-0.4, -0.2) is 109 Å². The van der Waals surface area contributed by atoms with Gasteiger partial charge in [0.1, 0.15) is 41.4 Å². The zero-order chi connectivity index (χ0) is 30.5. The smallest absolute Gasteiger partial charge is 0.292 e. The van der Waals surface area contributed by atoms with E-state index in [1.54, 1.807) is 0 Å². The Bertz CT molecular complexity index is 1860. The molecule has 0 aliphatic carbocycles. The van der Waals surface area contributed by atoms with E-state index in [0.29, 0.717) is 5.65 Å².